The Morgan fingerprint density at radius 3 is 2.95 bits per heavy atom. The maximum Gasteiger partial charge on any atom is 0.306 e. The zero-order valence-corrected chi connectivity index (χ0v) is 12.7. The molecule has 1 saturated carbocycles. The van der Waals surface area contributed by atoms with Gasteiger partial charge in [-0.2, -0.15) is 0 Å². The lowest BCUT2D eigenvalue weighted by atomic mass is 9.90. The van der Waals surface area contributed by atoms with Crippen LogP contribution in [0.25, 0.3) is 0 Å². The molecule has 21 heavy (non-hydrogen) atoms. The van der Waals surface area contributed by atoms with Crippen LogP contribution in [0.5, 0.6) is 0 Å². The fourth-order valence-corrected chi connectivity index (χ4v) is 3.10. The van der Waals surface area contributed by atoms with Gasteiger partial charge in [0.15, 0.2) is 0 Å². The third kappa shape index (κ3) is 3.87. The van der Waals surface area contributed by atoms with E-state index in [1.54, 1.807) is 6.08 Å². The average molecular weight is 292 g/mol. The van der Waals surface area contributed by atoms with Crippen LogP contribution < -0.4 is 0 Å². The standard InChI is InChI=1S/C17H24O4/c1-3-4-5-6-11(2)14(18)8-7-12-13-9-17(20)21-16(13)10-15(12)19/h7-8,11-16,18-19H,3,6,9-10H2,1-2H3/b8-7+/t11-,12+,13+,14-,15+,16-/m0/s1. The maximum atomic E-state index is 11.3. The second-order valence-corrected chi connectivity index (χ2v) is 6.04. The molecule has 2 aliphatic rings. The zero-order chi connectivity index (χ0) is 15.4. The number of fused-ring (bicyclic) bond motifs is 1. The third-order valence-electron chi connectivity index (χ3n) is 4.41. The van der Waals surface area contributed by atoms with Crippen molar-refractivity contribution in [3.05, 3.63) is 12.2 Å². The van der Waals surface area contributed by atoms with E-state index in [2.05, 4.69) is 11.8 Å². The van der Waals surface area contributed by atoms with E-state index in [0.717, 1.165) is 6.42 Å². The van der Waals surface area contributed by atoms with Gasteiger partial charge in [-0.05, 0) is 5.92 Å². The minimum Gasteiger partial charge on any atom is -0.462 e. The van der Waals surface area contributed by atoms with Crippen molar-refractivity contribution in [3.63, 3.8) is 0 Å². The minimum atomic E-state index is -0.583. The first-order valence-electron chi connectivity index (χ1n) is 7.72. The van der Waals surface area contributed by atoms with E-state index < -0.39 is 12.2 Å². The van der Waals surface area contributed by atoms with E-state index in [1.807, 2.05) is 19.9 Å². The molecule has 0 radical (unpaired) electrons. The van der Waals surface area contributed by atoms with Crippen molar-refractivity contribution in [1.82, 2.24) is 0 Å². The molecule has 6 atom stereocenters. The van der Waals surface area contributed by atoms with Crippen LogP contribution in [0.15, 0.2) is 12.2 Å². The predicted octanol–water partition coefficient (Wildman–Crippen LogP) is 1.66. The monoisotopic (exact) mass is 292 g/mol. The number of hydrogen-bond acceptors (Lipinski definition) is 4. The smallest absolute Gasteiger partial charge is 0.306 e. The Hall–Kier alpha value is -1.31. The SMILES string of the molecule is CCC#CC[C@H](C)[C@@H](O)/C=C/[C@@H]1[C@H]2CC(=O)O[C@H]2C[C@H]1O. The molecule has 0 aromatic heterocycles. The molecule has 2 fully saturated rings. The van der Waals surface area contributed by atoms with Crippen LogP contribution in [0, 0.1) is 29.6 Å². The first-order chi connectivity index (χ1) is 10.0. The minimum absolute atomic E-state index is 0.0474. The molecule has 2 N–H and O–H groups in total. The number of ether oxygens (including phenoxy) is 1. The van der Waals surface area contributed by atoms with Gasteiger partial charge in [0.1, 0.15) is 6.10 Å². The quantitative estimate of drug-likeness (QED) is 0.470. The molecule has 1 saturated heterocycles. The molecule has 0 aromatic rings. The number of esters is 1. The molecule has 2 rings (SSSR count). The average Bonchev–Trinajstić information content (AvgIpc) is 2.91. The summed E-state index contributed by atoms with van der Waals surface area (Å²) >= 11 is 0. The van der Waals surface area contributed by atoms with Gasteiger partial charge >= 0.3 is 5.97 Å². The number of carbonyl (C=O) groups is 1. The molecule has 116 valence electrons. The molecular formula is C17H24O4. The topological polar surface area (TPSA) is 66.8 Å². The number of rotatable bonds is 4. The maximum absolute atomic E-state index is 11.3. The number of carbonyl (C=O) groups excluding carboxylic acids is 1. The van der Waals surface area contributed by atoms with Crippen LogP contribution in [0.4, 0.5) is 0 Å². The van der Waals surface area contributed by atoms with Crippen LogP contribution >= 0.6 is 0 Å². The van der Waals surface area contributed by atoms with Gasteiger partial charge in [0.2, 0.25) is 0 Å². The lowest BCUT2D eigenvalue weighted by Gasteiger charge is -2.17. The second kappa shape index (κ2) is 7.11. The summed E-state index contributed by atoms with van der Waals surface area (Å²) in [7, 11) is 0. The zero-order valence-electron chi connectivity index (χ0n) is 12.7. The molecule has 0 amide bonds. The second-order valence-electron chi connectivity index (χ2n) is 6.04. The summed E-state index contributed by atoms with van der Waals surface area (Å²) in [6, 6.07) is 0. The van der Waals surface area contributed by atoms with Crippen molar-refractivity contribution in [2.75, 3.05) is 0 Å². The largest absolute Gasteiger partial charge is 0.462 e. The molecule has 0 unspecified atom stereocenters. The van der Waals surface area contributed by atoms with Gasteiger partial charge in [0.05, 0.1) is 18.6 Å². The van der Waals surface area contributed by atoms with Crippen LogP contribution in [-0.2, 0) is 9.53 Å². The molecular weight excluding hydrogens is 268 g/mol. The molecule has 0 spiro atoms. The Balaban J connectivity index is 1.91. The van der Waals surface area contributed by atoms with E-state index in [0.29, 0.717) is 19.3 Å². The number of hydrogen-bond donors (Lipinski definition) is 2. The van der Waals surface area contributed by atoms with Crippen molar-refractivity contribution < 1.29 is 19.7 Å². The van der Waals surface area contributed by atoms with Gasteiger partial charge < -0.3 is 14.9 Å². The summed E-state index contributed by atoms with van der Waals surface area (Å²) in [6.45, 7) is 3.95. The first-order valence-corrected chi connectivity index (χ1v) is 7.72. The number of aliphatic hydroxyl groups excluding tert-OH is 2. The van der Waals surface area contributed by atoms with Gasteiger partial charge in [-0.15, -0.1) is 11.8 Å². The van der Waals surface area contributed by atoms with Gasteiger partial charge in [-0.1, -0.05) is 26.0 Å². The Morgan fingerprint density at radius 1 is 1.48 bits per heavy atom. The van der Waals surface area contributed by atoms with Gasteiger partial charge in [0.25, 0.3) is 0 Å². The molecule has 1 aliphatic carbocycles. The van der Waals surface area contributed by atoms with Crippen LogP contribution in [0.2, 0.25) is 0 Å². The normalized spacial score (nSPS) is 34.2. The van der Waals surface area contributed by atoms with Gasteiger partial charge in [0, 0.05) is 31.1 Å². The highest BCUT2D eigenvalue weighted by atomic mass is 16.6. The fraction of sp³-hybridized carbons (Fsp3) is 0.706. The van der Waals surface area contributed by atoms with E-state index in [9.17, 15) is 15.0 Å². The predicted molar refractivity (Wildman–Crippen MR) is 79.1 cm³/mol. The van der Waals surface area contributed by atoms with E-state index >= 15 is 0 Å². The van der Waals surface area contributed by atoms with E-state index in [-0.39, 0.29) is 29.8 Å². The van der Waals surface area contributed by atoms with Crippen molar-refractivity contribution in [2.24, 2.45) is 17.8 Å². The van der Waals surface area contributed by atoms with E-state index in [4.69, 9.17) is 4.74 Å². The Bertz CT molecular complexity index is 459. The molecule has 1 aliphatic heterocycles. The van der Waals surface area contributed by atoms with Crippen molar-refractivity contribution in [2.45, 2.75) is 57.8 Å². The molecule has 4 heteroatoms. The highest BCUT2D eigenvalue weighted by Crippen LogP contribution is 2.42. The molecule has 1 heterocycles. The summed E-state index contributed by atoms with van der Waals surface area (Å²) in [5.41, 5.74) is 0. The van der Waals surface area contributed by atoms with Crippen LogP contribution in [0.3, 0.4) is 0 Å². The van der Waals surface area contributed by atoms with Gasteiger partial charge in [-0.25, -0.2) is 0 Å². The fourth-order valence-electron chi connectivity index (χ4n) is 3.10. The highest BCUT2D eigenvalue weighted by molar-refractivity contribution is 5.72. The summed E-state index contributed by atoms with van der Waals surface area (Å²) in [5, 5.41) is 20.2. The van der Waals surface area contributed by atoms with Crippen molar-refractivity contribution in [1.29, 1.82) is 0 Å². The van der Waals surface area contributed by atoms with Crippen molar-refractivity contribution >= 4 is 5.97 Å². The van der Waals surface area contributed by atoms with Crippen LogP contribution in [-0.4, -0.2) is 34.5 Å². The number of aliphatic hydroxyl groups is 2. The van der Waals surface area contributed by atoms with E-state index in [1.165, 1.54) is 0 Å². The summed E-state index contributed by atoms with van der Waals surface area (Å²) < 4.78 is 5.19. The van der Waals surface area contributed by atoms with Crippen LogP contribution in [0.1, 0.15) is 39.5 Å². The first kappa shape index (κ1) is 16.1. The summed E-state index contributed by atoms with van der Waals surface area (Å²) in [6.07, 6.45) is 4.69. The summed E-state index contributed by atoms with van der Waals surface area (Å²) in [5.74, 6) is 5.84. The highest BCUT2D eigenvalue weighted by Gasteiger charge is 2.48. The Labute approximate surface area is 126 Å². The Morgan fingerprint density at radius 2 is 2.24 bits per heavy atom. The molecule has 0 aromatic carbocycles. The molecule has 0 bridgehead atoms. The Kier molecular flexibility index (Phi) is 5.44. The molecule has 4 nitrogen and oxygen atoms in total. The third-order valence-corrected chi connectivity index (χ3v) is 4.41. The van der Waals surface area contributed by atoms with Crippen molar-refractivity contribution in [3.8, 4) is 11.8 Å². The lowest BCUT2D eigenvalue weighted by Crippen LogP contribution is -2.20. The summed E-state index contributed by atoms with van der Waals surface area (Å²) in [4.78, 5) is 11.3. The van der Waals surface area contributed by atoms with Gasteiger partial charge in [-0.3, -0.25) is 4.79 Å². The lowest BCUT2D eigenvalue weighted by molar-refractivity contribution is -0.141.